The van der Waals surface area contributed by atoms with Gasteiger partial charge < -0.3 is 10.5 Å². The minimum Gasteiger partial charge on any atom is -0.383 e. The molecule has 0 amide bonds. The highest BCUT2D eigenvalue weighted by molar-refractivity contribution is 4.77. The first-order valence-corrected chi connectivity index (χ1v) is 6.21. The number of hydrogen-bond donors (Lipinski definition) is 1. The molecule has 2 N–H and O–H groups in total. The van der Waals surface area contributed by atoms with Gasteiger partial charge in [-0.2, -0.15) is 0 Å². The predicted molar refractivity (Wildman–Crippen MR) is 63.9 cm³/mol. The summed E-state index contributed by atoms with van der Waals surface area (Å²) in [6.45, 7) is 6.47. The number of ether oxygens (including phenoxy) is 1. The van der Waals surface area contributed by atoms with Crippen LogP contribution in [0, 0.1) is 5.92 Å². The normalized spacial score (nSPS) is 21.8. The van der Waals surface area contributed by atoms with E-state index in [-0.39, 0.29) is 0 Å². The van der Waals surface area contributed by atoms with Crippen LogP contribution in [0.5, 0.6) is 0 Å². The van der Waals surface area contributed by atoms with Gasteiger partial charge in [-0.25, -0.2) is 0 Å². The predicted octanol–water partition coefficient (Wildman–Crippen LogP) is 1.47. The fourth-order valence-electron chi connectivity index (χ4n) is 2.31. The van der Waals surface area contributed by atoms with Gasteiger partial charge in [-0.15, -0.1) is 0 Å². The highest BCUT2D eigenvalue weighted by Gasteiger charge is 2.22. The summed E-state index contributed by atoms with van der Waals surface area (Å²) in [6.07, 6.45) is 4.96. The fourth-order valence-corrected chi connectivity index (χ4v) is 2.31. The van der Waals surface area contributed by atoms with Crippen molar-refractivity contribution in [1.82, 2.24) is 4.90 Å². The van der Waals surface area contributed by atoms with Crippen molar-refractivity contribution in [2.24, 2.45) is 11.7 Å². The SMILES string of the molecule is COCC(CCCN)N1CCC(C)CC1. The number of piperidine rings is 1. The second-order valence-corrected chi connectivity index (χ2v) is 4.76. The van der Waals surface area contributed by atoms with Crippen molar-refractivity contribution < 1.29 is 4.74 Å². The van der Waals surface area contributed by atoms with E-state index in [1.54, 1.807) is 7.11 Å². The van der Waals surface area contributed by atoms with Gasteiger partial charge in [0.25, 0.3) is 0 Å². The molecular formula is C12H26N2O. The summed E-state index contributed by atoms with van der Waals surface area (Å²) in [5.74, 6) is 0.902. The number of nitrogens with two attached hydrogens (primary N) is 1. The third-order valence-electron chi connectivity index (χ3n) is 3.44. The maximum atomic E-state index is 5.57. The monoisotopic (exact) mass is 214 g/mol. The maximum absolute atomic E-state index is 5.57. The van der Waals surface area contributed by atoms with E-state index >= 15 is 0 Å². The molecule has 0 aliphatic carbocycles. The molecule has 1 fully saturated rings. The van der Waals surface area contributed by atoms with Crippen LogP contribution in [-0.2, 0) is 4.74 Å². The van der Waals surface area contributed by atoms with Crippen LogP contribution in [0.2, 0.25) is 0 Å². The van der Waals surface area contributed by atoms with Gasteiger partial charge in [0.15, 0.2) is 0 Å². The van der Waals surface area contributed by atoms with Crippen LogP contribution < -0.4 is 5.73 Å². The van der Waals surface area contributed by atoms with Crippen molar-refractivity contribution in [3.63, 3.8) is 0 Å². The van der Waals surface area contributed by atoms with Gasteiger partial charge in [-0.3, -0.25) is 4.90 Å². The quantitative estimate of drug-likeness (QED) is 0.728. The molecule has 0 aromatic heterocycles. The van der Waals surface area contributed by atoms with Crippen LogP contribution in [0.3, 0.4) is 0 Å². The van der Waals surface area contributed by atoms with E-state index in [1.165, 1.54) is 32.4 Å². The van der Waals surface area contributed by atoms with Crippen molar-refractivity contribution >= 4 is 0 Å². The average molecular weight is 214 g/mol. The van der Waals surface area contributed by atoms with Crippen LogP contribution >= 0.6 is 0 Å². The van der Waals surface area contributed by atoms with Gasteiger partial charge in [0.2, 0.25) is 0 Å². The van der Waals surface area contributed by atoms with Gasteiger partial charge in [0.05, 0.1) is 6.61 Å². The second kappa shape index (κ2) is 7.20. The lowest BCUT2D eigenvalue weighted by molar-refractivity contribution is 0.0618. The highest BCUT2D eigenvalue weighted by atomic mass is 16.5. The molecular weight excluding hydrogens is 188 g/mol. The Morgan fingerprint density at radius 1 is 1.40 bits per heavy atom. The van der Waals surface area contributed by atoms with E-state index in [4.69, 9.17) is 10.5 Å². The first-order valence-electron chi connectivity index (χ1n) is 6.21. The fraction of sp³-hybridized carbons (Fsp3) is 1.00. The van der Waals surface area contributed by atoms with Crippen LogP contribution in [0.25, 0.3) is 0 Å². The number of methoxy groups -OCH3 is 1. The summed E-state index contributed by atoms with van der Waals surface area (Å²) in [4.78, 5) is 2.58. The molecule has 0 saturated carbocycles. The Balaban J connectivity index is 2.33. The molecule has 3 nitrogen and oxygen atoms in total. The molecule has 1 heterocycles. The summed E-state index contributed by atoms with van der Waals surface area (Å²) in [7, 11) is 1.79. The Bertz CT molecular complexity index is 156. The van der Waals surface area contributed by atoms with E-state index in [9.17, 15) is 0 Å². The molecule has 15 heavy (non-hydrogen) atoms. The molecule has 3 heteroatoms. The molecule has 0 bridgehead atoms. The van der Waals surface area contributed by atoms with Crippen molar-refractivity contribution in [1.29, 1.82) is 0 Å². The van der Waals surface area contributed by atoms with E-state index in [2.05, 4.69) is 11.8 Å². The summed E-state index contributed by atoms with van der Waals surface area (Å²) in [6, 6.07) is 0.589. The molecule has 1 atom stereocenters. The van der Waals surface area contributed by atoms with Crippen LogP contribution in [0.15, 0.2) is 0 Å². The number of nitrogens with zero attached hydrogens (tertiary/aromatic N) is 1. The largest absolute Gasteiger partial charge is 0.383 e. The number of hydrogen-bond acceptors (Lipinski definition) is 3. The minimum absolute atomic E-state index is 0.589. The molecule has 1 aliphatic heterocycles. The maximum Gasteiger partial charge on any atom is 0.0618 e. The van der Waals surface area contributed by atoms with Gasteiger partial charge in [-0.05, 0) is 51.2 Å². The van der Waals surface area contributed by atoms with Crippen LogP contribution in [-0.4, -0.2) is 44.3 Å². The molecule has 0 radical (unpaired) electrons. The second-order valence-electron chi connectivity index (χ2n) is 4.76. The molecule has 1 unspecified atom stereocenters. The summed E-state index contributed by atoms with van der Waals surface area (Å²) < 4.78 is 5.30. The van der Waals surface area contributed by atoms with E-state index < -0.39 is 0 Å². The van der Waals surface area contributed by atoms with Crippen molar-refractivity contribution in [2.75, 3.05) is 33.4 Å². The van der Waals surface area contributed by atoms with Crippen LogP contribution in [0.4, 0.5) is 0 Å². The Morgan fingerprint density at radius 3 is 2.60 bits per heavy atom. The molecule has 0 aromatic carbocycles. The van der Waals surface area contributed by atoms with Crippen molar-refractivity contribution in [2.45, 2.75) is 38.6 Å². The third-order valence-corrected chi connectivity index (χ3v) is 3.44. The first kappa shape index (κ1) is 12.9. The van der Waals surface area contributed by atoms with Gasteiger partial charge >= 0.3 is 0 Å². The summed E-state index contributed by atoms with van der Waals surface area (Å²) >= 11 is 0. The van der Waals surface area contributed by atoms with Crippen LogP contribution in [0.1, 0.15) is 32.6 Å². The van der Waals surface area contributed by atoms with E-state index in [0.717, 1.165) is 25.5 Å². The number of likely N-dealkylation sites (tertiary alicyclic amines) is 1. The standard InChI is InChI=1S/C12H26N2O/c1-11-5-8-14(9-6-11)12(10-15-2)4-3-7-13/h11-12H,3-10,13H2,1-2H3. The lowest BCUT2D eigenvalue weighted by Crippen LogP contribution is -2.43. The van der Waals surface area contributed by atoms with E-state index in [1.807, 2.05) is 0 Å². The molecule has 0 aromatic rings. The summed E-state index contributed by atoms with van der Waals surface area (Å²) in [5, 5.41) is 0. The molecule has 1 aliphatic rings. The zero-order valence-corrected chi connectivity index (χ0v) is 10.2. The molecule has 90 valence electrons. The van der Waals surface area contributed by atoms with E-state index in [0.29, 0.717) is 6.04 Å². The highest BCUT2D eigenvalue weighted by Crippen LogP contribution is 2.19. The van der Waals surface area contributed by atoms with Gasteiger partial charge in [-0.1, -0.05) is 6.92 Å². The smallest absolute Gasteiger partial charge is 0.0618 e. The van der Waals surface area contributed by atoms with Gasteiger partial charge in [0, 0.05) is 13.2 Å². The molecule has 0 spiro atoms. The Morgan fingerprint density at radius 2 is 2.07 bits per heavy atom. The van der Waals surface area contributed by atoms with Crippen molar-refractivity contribution in [3.05, 3.63) is 0 Å². The average Bonchev–Trinajstić information content (AvgIpc) is 2.25. The van der Waals surface area contributed by atoms with Crippen molar-refractivity contribution in [3.8, 4) is 0 Å². The molecule has 1 rings (SSSR count). The Labute approximate surface area is 94.0 Å². The Kier molecular flexibility index (Phi) is 6.22. The Hall–Kier alpha value is -0.120. The minimum atomic E-state index is 0.589. The zero-order valence-electron chi connectivity index (χ0n) is 10.2. The lowest BCUT2D eigenvalue weighted by Gasteiger charge is -2.36. The summed E-state index contributed by atoms with van der Waals surface area (Å²) in [5.41, 5.74) is 5.57. The van der Waals surface area contributed by atoms with Gasteiger partial charge in [0.1, 0.15) is 0 Å². The first-order chi connectivity index (χ1) is 7.27. The topological polar surface area (TPSA) is 38.5 Å². The third kappa shape index (κ3) is 4.49. The zero-order chi connectivity index (χ0) is 11.1. The molecule has 1 saturated heterocycles. The lowest BCUT2D eigenvalue weighted by atomic mass is 9.97. The number of rotatable bonds is 6.